The second-order valence-electron chi connectivity index (χ2n) is 36.4. The Hall–Kier alpha value is -7.69. The lowest BCUT2D eigenvalue weighted by molar-refractivity contribution is -0.147. The molecule has 5 rings (SSSR count). The first-order chi connectivity index (χ1) is 49.3. The smallest absolute Gasteiger partial charge is 0.394 e. The Morgan fingerprint density at radius 1 is 0.327 bits per heavy atom. The number of aliphatic carboxylic acids is 2. The second kappa shape index (κ2) is 40.7. The zero-order chi connectivity index (χ0) is 81.3. The highest BCUT2D eigenvalue weighted by Crippen LogP contribution is 2.57. The van der Waals surface area contributed by atoms with Crippen LogP contribution < -0.4 is 16.0 Å². The summed E-state index contributed by atoms with van der Waals surface area (Å²) in [4.78, 5) is 104. The molecule has 5 atom stereocenters. The number of hydrogen-bond acceptors (Lipinski definition) is 12. The van der Waals surface area contributed by atoms with E-state index < -0.39 is 91.1 Å². The summed E-state index contributed by atoms with van der Waals surface area (Å²) in [5, 5.41) is 26.6. The predicted molar refractivity (Wildman–Crippen MR) is 439 cm³/mol. The van der Waals surface area contributed by atoms with Crippen LogP contribution in [0.15, 0.2) is 152 Å². The van der Waals surface area contributed by atoms with Gasteiger partial charge in [-0.2, -0.15) is 0 Å². The number of benzene rings is 5. The highest BCUT2D eigenvalue weighted by Gasteiger charge is 2.61. The number of rotatable bonds is 31. The largest absolute Gasteiger partial charge is 0.502 e. The molecule has 0 saturated heterocycles. The van der Waals surface area contributed by atoms with Crippen molar-refractivity contribution in [3.05, 3.63) is 179 Å². The van der Waals surface area contributed by atoms with E-state index in [1.807, 2.05) is 152 Å². The van der Waals surface area contributed by atoms with Crippen LogP contribution in [0.25, 0.3) is 0 Å². The lowest BCUT2D eigenvalue weighted by Gasteiger charge is -2.50. The number of carboxylic acids is 2. The van der Waals surface area contributed by atoms with Crippen molar-refractivity contribution in [2.75, 3.05) is 7.11 Å². The molecule has 0 aromatic heterocycles. The summed E-state index contributed by atoms with van der Waals surface area (Å²) in [6, 6.07) is 46.8. The maximum absolute atomic E-state index is 13.8. The minimum absolute atomic E-state index is 0.0492. The Morgan fingerprint density at radius 3 is 0.757 bits per heavy atom. The van der Waals surface area contributed by atoms with Crippen molar-refractivity contribution in [3.63, 3.8) is 0 Å². The molecule has 3 amide bonds. The molecule has 0 saturated carbocycles. The quantitative estimate of drug-likeness (QED) is 0.0205. The Labute approximate surface area is 645 Å². The van der Waals surface area contributed by atoms with Crippen LogP contribution in [0.2, 0.25) is 48.4 Å². The number of methoxy groups -OCH3 is 1. The Bertz CT molecular complexity index is 3550. The van der Waals surface area contributed by atoms with Gasteiger partial charge in [0.2, 0.25) is 0 Å². The maximum Gasteiger partial charge on any atom is 0.394 e. The summed E-state index contributed by atoms with van der Waals surface area (Å²) in [5.74, 6) is -3.59. The van der Waals surface area contributed by atoms with Gasteiger partial charge < -0.3 is 44.2 Å². The fourth-order valence-corrected chi connectivity index (χ4v) is 32.5. The Balaban J connectivity index is 0.000000424. The number of nitrogens with one attached hydrogen (secondary N) is 3. The maximum atomic E-state index is 13.8. The first kappa shape index (κ1) is 93.5. The molecule has 592 valence electrons. The first-order valence-corrected chi connectivity index (χ1v) is 44.5. The van der Waals surface area contributed by atoms with E-state index in [4.69, 9.17) is 18.0 Å². The molecule has 0 aliphatic heterocycles. The van der Waals surface area contributed by atoms with Gasteiger partial charge in [-0.25, -0.2) is 19.2 Å². The van der Waals surface area contributed by atoms with Crippen molar-refractivity contribution < 1.29 is 66.6 Å². The predicted octanol–water partition coefficient (Wildman–Crippen LogP) is 20.6. The lowest BCUT2D eigenvalue weighted by Crippen LogP contribution is -2.58. The zero-order valence-electron chi connectivity index (χ0n) is 69.4. The van der Waals surface area contributed by atoms with E-state index in [9.17, 15) is 48.6 Å². The van der Waals surface area contributed by atoms with E-state index in [2.05, 4.69) is 182 Å². The molecule has 17 nitrogen and oxygen atoms in total. The Kier molecular flexibility index (Phi) is 35.5. The van der Waals surface area contributed by atoms with Gasteiger partial charge in [-0.05, 0) is 120 Å². The van der Waals surface area contributed by atoms with Gasteiger partial charge >= 0.3 is 36.2 Å². The van der Waals surface area contributed by atoms with Gasteiger partial charge in [-0.1, -0.05) is 318 Å². The fraction of sp³-hybridized carbons (Fsp3) is 0.563. The molecule has 0 aliphatic carbocycles. The van der Waals surface area contributed by atoms with Crippen LogP contribution in [-0.2, 0) is 74.1 Å². The van der Waals surface area contributed by atoms with Crippen LogP contribution in [-0.4, -0.2) is 108 Å². The van der Waals surface area contributed by atoms with E-state index in [0.29, 0.717) is 30.6 Å². The standard InChI is InChI=1S/C33H49NO5Si.C32H47NO5Si.C22H37NO4Si/c1-24(2)23-40(32(3,4)5,33(6,7)8)39-31(37)34-28(21-26-18-14-11-15-19-26)29(35)22-27(30(36)38-9)20-25-16-12-10-13-17-25;1-23(2)22-39(31(3,4)5,32(6,7)8)38-30(37)33-27(20-25-17-13-10-14-18-25)28(34)21-26(29(35)36)19-24-15-11-9-12-16-24;1-16(2)15-28(21(3,4)5,22(6,7)8)27-20(26)23-18(19(24)25)14-17-12-10-9-11-13-17/h10-19,24,27-28H,20-23H2,1-9H3,(H,34,37);9-18,23,26-27H,19-22H2,1-8H3,(H,33,37)(H,35,36);9-13,16,18H,14-15H2,1-8H3,(H,23,26)(H,24,25)/t27-,28+;26-,27+;18-/m110/s1. The third-order valence-corrected chi connectivity index (χ3v) is 40.7. The SMILES string of the molecule is CC(C)C[Si](OC(=O)N[C@@H](Cc1ccccc1)C(=O)C[C@@H](Cc1ccccc1)C(=O)O)(C(C)(C)C)C(C)(C)C.CC(C)C[Si](OC(=O)N[C@@H](Cc1ccccc1)C(=O)O)(C(C)(C)C)C(C)(C)C.COC(=O)[C@@H](CC(=O)[C@H](Cc1ccccc1)NC(=O)O[Si](CC(C)C)(C(C)(C)C)C(C)(C)C)Cc1ccccc1. The molecule has 0 fully saturated rings. The van der Waals surface area contributed by atoms with Gasteiger partial charge in [0.25, 0.3) is 25.0 Å². The molecule has 0 radical (unpaired) electrons. The van der Waals surface area contributed by atoms with Crippen molar-refractivity contribution in [1.29, 1.82) is 0 Å². The van der Waals surface area contributed by atoms with Crippen LogP contribution in [0, 0.1) is 29.6 Å². The van der Waals surface area contributed by atoms with E-state index in [-0.39, 0.29) is 73.9 Å². The molecule has 0 spiro atoms. The third kappa shape index (κ3) is 28.7. The molecular weight excluding hydrogens is 1400 g/mol. The van der Waals surface area contributed by atoms with Gasteiger partial charge in [0, 0.05) is 19.3 Å². The van der Waals surface area contributed by atoms with Crippen molar-refractivity contribution >= 4 is 72.7 Å². The van der Waals surface area contributed by atoms with Crippen LogP contribution in [0.1, 0.15) is 207 Å². The molecule has 20 heteroatoms. The van der Waals surface area contributed by atoms with Gasteiger partial charge in [0.05, 0.1) is 31.0 Å². The molecule has 0 heterocycles. The average Bonchev–Trinajstić information content (AvgIpc) is 0.766. The number of carbonyl (C=O) groups excluding carboxylic acids is 6. The summed E-state index contributed by atoms with van der Waals surface area (Å²) < 4.78 is 24.2. The monoisotopic (exact) mass is 1530 g/mol. The molecule has 5 aromatic carbocycles. The van der Waals surface area contributed by atoms with Crippen molar-refractivity contribution in [2.45, 2.75) is 278 Å². The molecule has 5 N–H and O–H groups in total. The molecule has 107 heavy (non-hydrogen) atoms. The number of hydrogen-bond donors (Lipinski definition) is 5. The summed E-state index contributed by atoms with van der Waals surface area (Å²) in [7, 11) is -6.75. The van der Waals surface area contributed by atoms with Crippen LogP contribution in [0.4, 0.5) is 14.4 Å². The number of amides is 3. The molecule has 0 unspecified atom stereocenters. The number of carbonyl (C=O) groups is 8. The summed E-state index contributed by atoms with van der Waals surface area (Å²) in [6.45, 7) is 51.3. The number of esters is 1. The van der Waals surface area contributed by atoms with Crippen molar-refractivity contribution in [3.8, 4) is 0 Å². The van der Waals surface area contributed by atoms with Gasteiger partial charge in [-0.3, -0.25) is 19.2 Å². The van der Waals surface area contributed by atoms with E-state index >= 15 is 0 Å². The fourth-order valence-electron chi connectivity index (χ4n) is 15.4. The molecule has 5 aromatic rings. The Morgan fingerprint density at radius 2 is 0.542 bits per heavy atom. The van der Waals surface area contributed by atoms with Gasteiger partial charge in [0.15, 0.2) is 11.6 Å². The van der Waals surface area contributed by atoms with E-state index in [0.717, 1.165) is 45.9 Å². The minimum atomic E-state index is -2.74. The highest BCUT2D eigenvalue weighted by atomic mass is 28.4. The van der Waals surface area contributed by atoms with Gasteiger partial charge in [-0.15, -0.1) is 0 Å². The molecule has 0 bridgehead atoms. The van der Waals surface area contributed by atoms with E-state index in [1.54, 1.807) is 0 Å². The third-order valence-electron chi connectivity index (χ3n) is 20.4. The number of ether oxygens (including phenoxy) is 1. The van der Waals surface area contributed by atoms with E-state index in [1.165, 1.54) is 7.11 Å². The second-order valence-corrected chi connectivity index (χ2v) is 52.2. The van der Waals surface area contributed by atoms with Crippen LogP contribution in [0.3, 0.4) is 0 Å². The van der Waals surface area contributed by atoms with Crippen molar-refractivity contribution in [1.82, 2.24) is 16.0 Å². The molecular formula is C87H133N3O14Si3. The summed E-state index contributed by atoms with van der Waals surface area (Å²) in [6.07, 6.45) is -0.630. The molecule has 0 aliphatic rings. The number of carboxylic acid groups (broad SMARTS) is 2. The van der Waals surface area contributed by atoms with Crippen LogP contribution >= 0.6 is 0 Å². The van der Waals surface area contributed by atoms with Crippen molar-refractivity contribution in [2.24, 2.45) is 29.6 Å². The number of ketones is 2. The van der Waals surface area contributed by atoms with Gasteiger partial charge in [0.1, 0.15) is 6.04 Å². The lowest BCUT2D eigenvalue weighted by atomic mass is 9.90. The first-order valence-electron chi connectivity index (χ1n) is 38.1. The highest BCUT2D eigenvalue weighted by molar-refractivity contribution is 6.81. The summed E-state index contributed by atoms with van der Waals surface area (Å²) >= 11 is 0. The average molecular weight is 1530 g/mol. The normalized spacial score (nSPS) is 13.9. The minimum Gasteiger partial charge on any atom is -0.502 e. The van der Waals surface area contributed by atoms with Crippen LogP contribution in [0.5, 0.6) is 0 Å². The number of Topliss-reactive ketones (excluding diaryl/α,β-unsaturated/α-hetero) is 2. The summed E-state index contributed by atoms with van der Waals surface area (Å²) in [5.41, 5.74) is 4.44. The zero-order valence-corrected chi connectivity index (χ0v) is 72.4. The topological polar surface area (TPSA) is 250 Å².